The third-order valence-electron chi connectivity index (χ3n) is 1.78. The number of hydrogen-bond acceptors (Lipinski definition) is 2. The summed E-state index contributed by atoms with van der Waals surface area (Å²) in [6.45, 7) is 0.146. The predicted molar refractivity (Wildman–Crippen MR) is 52.4 cm³/mol. The van der Waals surface area contributed by atoms with Crippen LogP contribution in [0.1, 0.15) is 12.5 Å². The number of hydrogen-bond donors (Lipinski definition) is 0. The molecule has 0 aromatic heterocycles. The van der Waals surface area contributed by atoms with Gasteiger partial charge in [0.25, 0.3) is 0 Å². The summed E-state index contributed by atoms with van der Waals surface area (Å²) in [5, 5.41) is 0. The largest absolute Gasteiger partial charge is 0.484 e. The Morgan fingerprint density at radius 3 is 2.25 bits per heavy atom. The van der Waals surface area contributed by atoms with Crippen LogP contribution >= 0.6 is 0 Å². The summed E-state index contributed by atoms with van der Waals surface area (Å²) in [6, 6.07) is 5.99. The molecule has 0 amide bonds. The van der Waals surface area contributed by atoms with Gasteiger partial charge in [0.15, 0.2) is 6.61 Å². The summed E-state index contributed by atoms with van der Waals surface area (Å²) in [5.41, 5.74) is 0.756. The minimum Gasteiger partial charge on any atom is -0.484 e. The van der Waals surface area contributed by atoms with Crippen LogP contribution < -0.4 is 4.74 Å². The van der Waals surface area contributed by atoms with Gasteiger partial charge < -0.3 is 4.74 Å². The van der Waals surface area contributed by atoms with Crippen LogP contribution in [0.2, 0.25) is 0 Å². The number of carbonyl (C=O) groups is 1. The summed E-state index contributed by atoms with van der Waals surface area (Å²) in [6.07, 6.45) is -4.06. The van der Waals surface area contributed by atoms with Crippen molar-refractivity contribution in [1.82, 2.24) is 0 Å². The molecule has 16 heavy (non-hydrogen) atoms. The highest BCUT2D eigenvalue weighted by Crippen LogP contribution is 2.18. The lowest BCUT2D eigenvalue weighted by molar-refractivity contribution is -0.153. The van der Waals surface area contributed by atoms with Gasteiger partial charge >= 0.3 is 6.18 Å². The van der Waals surface area contributed by atoms with Crippen LogP contribution in [0.4, 0.5) is 13.2 Å². The molecule has 0 aliphatic rings. The lowest BCUT2D eigenvalue weighted by atomic mass is 10.1. The molecule has 0 spiro atoms. The van der Waals surface area contributed by atoms with E-state index in [1.54, 1.807) is 12.1 Å². The normalized spacial score (nSPS) is 11.2. The topological polar surface area (TPSA) is 26.3 Å². The van der Waals surface area contributed by atoms with Gasteiger partial charge in [0.2, 0.25) is 0 Å². The second kappa shape index (κ2) is 5.01. The molecule has 0 bridgehead atoms. The molecule has 0 saturated carbocycles. The van der Waals surface area contributed by atoms with Crippen molar-refractivity contribution in [2.75, 3.05) is 6.61 Å². The van der Waals surface area contributed by atoms with E-state index in [1.165, 1.54) is 19.1 Å². The minimum absolute atomic E-state index is 0.00367. The van der Waals surface area contributed by atoms with Crippen molar-refractivity contribution in [2.45, 2.75) is 19.5 Å². The number of alkyl halides is 3. The van der Waals surface area contributed by atoms with E-state index in [-0.39, 0.29) is 18.0 Å². The Bertz CT molecular complexity index is 354. The minimum atomic E-state index is -4.34. The molecular formula is C11H11F3O2. The van der Waals surface area contributed by atoms with E-state index in [9.17, 15) is 18.0 Å². The van der Waals surface area contributed by atoms with Gasteiger partial charge in [-0.2, -0.15) is 13.2 Å². The number of halogens is 3. The molecule has 1 rings (SSSR count). The molecule has 0 heterocycles. The average Bonchev–Trinajstić information content (AvgIpc) is 2.14. The van der Waals surface area contributed by atoms with E-state index in [1.807, 2.05) is 0 Å². The molecule has 0 aliphatic carbocycles. The Morgan fingerprint density at radius 1 is 1.25 bits per heavy atom. The van der Waals surface area contributed by atoms with Crippen LogP contribution in [0.15, 0.2) is 24.3 Å². The monoisotopic (exact) mass is 232 g/mol. The zero-order chi connectivity index (χ0) is 12.2. The van der Waals surface area contributed by atoms with Crippen LogP contribution in [-0.4, -0.2) is 18.6 Å². The quantitative estimate of drug-likeness (QED) is 0.797. The van der Waals surface area contributed by atoms with Crippen LogP contribution in [0.3, 0.4) is 0 Å². The van der Waals surface area contributed by atoms with Crippen molar-refractivity contribution < 1.29 is 22.7 Å². The van der Waals surface area contributed by atoms with Gasteiger partial charge in [-0.25, -0.2) is 0 Å². The molecule has 0 unspecified atom stereocenters. The van der Waals surface area contributed by atoms with Gasteiger partial charge in [-0.15, -0.1) is 0 Å². The molecule has 1 aromatic rings. The average molecular weight is 232 g/mol. The SMILES string of the molecule is CC(=O)Cc1ccc(OCC(F)(F)F)cc1. The van der Waals surface area contributed by atoms with Gasteiger partial charge in [-0.3, -0.25) is 4.79 Å². The van der Waals surface area contributed by atoms with Crippen molar-refractivity contribution in [1.29, 1.82) is 0 Å². The van der Waals surface area contributed by atoms with Gasteiger partial charge in [0, 0.05) is 6.42 Å². The summed E-state index contributed by atoms with van der Waals surface area (Å²) in [5.74, 6) is 0.147. The van der Waals surface area contributed by atoms with E-state index < -0.39 is 12.8 Å². The van der Waals surface area contributed by atoms with Crippen molar-refractivity contribution in [3.63, 3.8) is 0 Å². The first-order valence-electron chi connectivity index (χ1n) is 4.65. The maximum atomic E-state index is 11.8. The zero-order valence-electron chi connectivity index (χ0n) is 8.67. The zero-order valence-corrected chi connectivity index (χ0v) is 8.67. The van der Waals surface area contributed by atoms with E-state index in [2.05, 4.69) is 4.74 Å². The van der Waals surface area contributed by atoms with Crippen molar-refractivity contribution in [3.8, 4) is 5.75 Å². The van der Waals surface area contributed by atoms with Crippen molar-refractivity contribution in [3.05, 3.63) is 29.8 Å². The van der Waals surface area contributed by atoms with Crippen LogP contribution in [0, 0.1) is 0 Å². The fourth-order valence-corrected chi connectivity index (χ4v) is 1.16. The third kappa shape index (κ3) is 4.82. The number of rotatable bonds is 4. The molecule has 0 radical (unpaired) electrons. The number of carbonyl (C=O) groups excluding carboxylic acids is 1. The highest BCUT2D eigenvalue weighted by molar-refractivity contribution is 5.78. The first kappa shape index (κ1) is 12.5. The molecule has 0 atom stereocenters. The van der Waals surface area contributed by atoms with E-state index in [0.29, 0.717) is 0 Å². The number of Topliss-reactive ketones (excluding diaryl/α,β-unsaturated/α-hetero) is 1. The van der Waals surface area contributed by atoms with Crippen molar-refractivity contribution in [2.24, 2.45) is 0 Å². The Hall–Kier alpha value is -1.52. The van der Waals surface area contributed by atoms with Crippen LogP contribution in [-0.2, 0) is 11.2 Å². The molecule has 5 heteroatoms. The molecule has 0 saturated heterocycles. The number of ketones is 1. The third-order valence-corrected chi connectivity index (χ3v) is 1.78. The molecule has 1 aromatic carbocycles. The molecule has 88 valence electrons. The Morgan fingerprint density at radius 2 is 1.81 bits per heavy atom. The molecule has 2 nitrogen and oxygen atoms in total. The van der Waals surface area contributed by atoms with Crippen molar-refractivity contribution >= 4 is 5.78 Å². The van der Waals surface area contributed by atoms with E-state index in [0.717, 1.165) is 5.56 Å². The summed E-state index contributed by atoms with van der Waals surface area (Å²) in [4.78, 5) is 10.8. The fourth-order valence-electron chi connectivity index (χ4n) is 1.16. The summed E-state index contributed by atoms with van der Waals surface area (Å²) >= 11 is 0. The molecular weight excluding hydrogens is 221 g/mol. The standard InChI is InChI=1S/C11H11F3O2/c1-8(15)6-9-2-4-10(5-3-9)16-7-11(12,13)14/h2-5H,6-7H2,1H3. The maximum absolute atomic E-state index is 11.8. The first-order chi connectivity index (χ1) is 7.37. The number of ether oxygens (including phenoxy) is 1. The molecule has 0 N–H and O–H groups in total. The Balaban J connectivity index is 2.55. The maximum Gasteiger partial charge on any atom is 0.422 e. The number of benzene rings is 1. The second-order valence-corrected chi connectivity index (χ2v) is 3.43. The van der Waals surface area contributed by atoms with E-state index in [4.69, 9.17) is 0 Å². The molecule has 0 aliphatic heterocycles. The van der Waals surface area contributed by atoms with Crippen LogP contribution in [0.25, 0.3) is 0 Å². The van der Waals surface area contributed by atoms with E-state index >= 15 is 0 Å². The Labute approximate surface area is 91.0 Å². The summed E-state index contributed by atoms with van der Waals surface area (Å²) < 4.78 is 40.0. The lowest BCUT2D eigenvalue weighted by Gasteiger charge is -2.09. The van der Waals surface area contributed by atoms with Crippen LogP contribution in [0.5, 0.6) is 5.75 Å². The molecule has 0 fully saturated rings. The van der Waals surface area contributed by atoms with Gasteiger partial charge in [0.1, 0.15) is 11.5 Å². The lowest BCUT2D eigenvalue weighted by Crippen LogP contribution is -2.19. The predicted octanol–water partition coefficient (Wildman–Crippen LogP) is 2.76. The van der Waals surface area contributed by atoms with Gasteiger partial charge in [-0.1, -0.05) is 12.1 Å². The second-order valence-electron chi connectivity index (χ2n) is 3.43. The van der Waals surface area contributed by atoms with Gasteiger partial charge in [0.05, 0.1) is 0 Å². The highest BCUT2D eigenvalue weighted by atomic mass is 19.4. The first-order valence-corrected chi connectivity index (χ1v) is 4.65. The fraction of sp³-hybridized carbons (Fsp3) is 0.364. The summed E-state index contributed by atoms with van der Waals surface area (Å²) in [7, 11) is 0. The van der Waals surface area contributed by atoms with Gasteiger partial charge in [-0.05, 0) is 24.6 Å². The Kier molecular flexibility index (Phi) is 3.93. The smallest absolute Gasteiger partial charge is 0.422 e. The highest BCUT2D eigenvalue weighted by Gasteiger charge is 2.28.